The van der Waals surface area contributed by atoms with Crippen molar-refractivity contribution in [3.63, 3.8) is 0 Å². The number of rotatable bonds is 2. The third-order valence-electron chi connectivity index (χ3n) is 9.19. The Morgan fingerprint density at radius 1 is 1.18 bits per heavy atom. The molecular formula is C24H34N2O2. The van der Waals surface area contributed by atoms with Crippen molar-refractivity contribution in [1.82, 2.24) is 9.78 Å². The number of aromatic nitrogens is 2. The zero-order valence-electron chi connectivity index (χ0n) is 17.6. The summed E-state index contributed by atoms with van der Waals surface area (Å²) in [5.74, 6) is 2.27. The molecular weight excluding hydrogens is 348 g/mol. The first-order valence-electron chi connectivity index (χ1n) is 11.3. The number of allylic oxidation sites excluding steroid dienone is 1. The second kappa shape index (κ2) is 6.47. The van der Waals surface area contributed by atoms with Gasteiger partial charge in [0.1, 0.15) is 6.10 Å². The van der Waals surface area contributed by atoms with Gasteiger partial charge in [-0.25, -0.2) is 0 Å². The molecule has 4 nitrogen and oxygen atoms in total. The number of carbonyl (C=O) groups is 1. The molecule has 5 rings (SSSR count). The Morgan fingerprint density at radius 3 is 2.79 bits per heavy atom. The molecule has 4 aliphatic carbocycles. The zero-order valence-corrected chi connectivity index (χ0v) is 17.6. The minimum absolute atomic E-state index is 0.0953. The average Bonchev–Trinajstić information content (AvgIpc) is 3.28. The Labute approximate surface area is 168 Å². The van der Waals surface area contributed by atoms with Crippen LogP contribution in [-0.2, 0) is 9.53 Å². The molecule has 1 aromatic rings. The molecule has 152 valence electrons. The number of carbonyl (C=O) groups excluding carboxylic acids is 1. The van der Waals surface area contributed by atoms with Crippen LogP contribution in [0.3, 0.4) is 0 Å². The predicted molar refractivity (Wildman–Crippen MR) is 109 cm³/mol. The SMILES string of the molecule is CC(=O)O[C@H]1CC[C@@]2(C)C(=CC[C@@H]3[C@@H]2CC[C@]2(C)C(n4cccn4)CC[C@@H]32)C1. The van der Waals surface area contributed by atoms with Crippen molar-refractivity contribution in [2.24, 2.45) is 28.6 Å². The molecule has 0 N–H and O–H groups in total. The maximum Gasteiger partial charge on any atom is 0.302 e. The van der Waals surface area contributed by atoms with Crippen LogP contribution in [0.4, 0.5) is 0 Å². The van der Waals surface area contributed by atoms with E-state index in [4.69, 9.17) is 4.74 Å². The number of fused-ring (bicyclic) bond motifs is 5. The van der Waals surface area contributed by atoms with Crippen LogP contribution in [0.5, 0.6) is 0 Å². The first-order valence-corrected chi connectivity index (χ1v) is 11.3. The molecule has 4 aliphatic rings. The van der Waals surface area contributed by atoms with E-state index in [1.165, 1.54) is 45.4 Å². The standard InChI is InChI=1S/C24H34N2O2/c1-16(27)28-18-9-11-23(2)17(15-18)5-6-19-20-7-8-22(26-14-4-13-25-26)24(20,3)12-10-21(19)23/h4-5,13-14,18-22H,6-12,15H2,1-3H3/t18-,19-,20-,21-,22?,23-,24-/m0/s1. The molecule has 28 heavy (non-hydrogen) atoms. The van der Waals surface area contributed by atoms with Crippen molar-refractivity contribution in [3.05, 3.63) is 30.1 Å². The molecule has 3 saturated carbocycles. The van der Waals surface area contributed by atoms with Crippen molar-refractivity contribution >= 4 is 5.97 Å². The van der Waals surface area contributed by atoms with E-state index in [1.54, 1.807) is 5.57 Å². The Bertz CT molecular complexity index is 785. The number of esters is 1. The minimum Gasteiger partial charge on any atom is -0.462 e. The van der Waals surface area contributed by atoms with Crippen molar-refractivity contribution in [2.45, 2.75) is 84.3 Å². The van der Waals surface area contributed by atoms with Crippen molar-refractivity contribution < 1.29 is 9.53 Å². The quantitative estimate of drug-likeness (QED) is 0.514. The predicted octanol–water partition coefficient (Wildman–Crippen LogP) is 5.32. The molecule has 0 amide bonds. The van der Waals surface area contributed by atoms with Gasteiger partial charge < -0.3 is 4.74 Å². The average molecular weight is 383 g/mol. The lowest BCUT2D eigenvalue weighted by molar-refractivity contribution is -0.148. The van der Waals surface area contributed by atoms with Crippen LogP contribution in [0.25, 0.3) is 0 Å². The fourth-order valence-electron chi connectivity index (χ4n) is 7.83. The van der Waals surface area contributed by atoms with Crippen molar-refractivity contribution in [3.8, 4) is 0 Å². The van der Waals surface area contributed by atoms with E-state index in [2.05, 4.69) is 42.0 Å². The van der Waals surface area contributed by atoms with E-state index in [-0.39, 0.29) is 12.1 Å². The first kappa shape index (κ1) is 18.4. The third kappa shape index (κ3) is 2.63. The van der Waals surface area contributed by atoms with E-state index >= 15 is 0 Å². The van der Waals surface area contributed by atoms with Gasteiger partial charge in [-0.05, 0) is 79.6 Å². The molecule has 1 aromatic heterocycles. The van der Waals surface area contributed by atoms with Gasteiger partial charge in [-0.15, -0.1) is 0 Å². The molecule has 0 radical (unpaired) electrons. The second-order valence-corrected chi connectivity index (χ2v) is 10.4. The molecule has 0 aliphatic heterocycles. The number of ether oxygens (including phenoxy) is 1. The highest BCUT2D eigenvalue weighted by Crippen LogP contribution is 2.67. The Hall–Kier alpha value is -1.58. The Morgan fingerprint density at radius 2 is 2.04 bits per heavy atom. The van der Waals surface area contributed by atoms with Gasteiger partial charge in [0.15, 0.2) is 0 Å². The lowest BCUT2D eigenvalue weighted by atomic mass is 9.48. The minimum atomic E-state index is -0.132. The van der Waals surface area contributed by atoms with Crippen LogP contribution in [0.15, 0.2) is 30.1 Å². The molecule has 4 heteroatoms. The summed E-state index contributed by atoms with van der Waals surface area (Å²) < 4.78 is 7.82. The Balaban J connectivity index is 1.40. The van der Waals surface area contributed by atoms with Gasteiger partial charge in [0.25, 0.3) is 0 Å². The van der Waals surface area contributed by atoms with Gasteiger partial charge in [-0.1, -0.05) is 25.5 Å². The van der Waals surface area contributed by atoms with Crippen LogP contribution in [0.1, 0.15) is 78.2 Å². The normalized spacial score (nSPS) is 44.8. The largest absolute Gasteiger partial charge is 0.462 e. The maximum absolute atomic E-state index is 11.4. The zero-order chi connectivity index (χ0) is 19.5. The molecule has 0 saturated heterocycles. The molecule has 3 fully saturated rings. The summed E-state index contributed by atoms with van der Waals surface area (Å²) in [4.78, 5) is 11.4. The molecule has 1 unspecified atom stereocenters. The van der Waals surface area contributed by atoms with Crippen LogP contribution in [-0.4, -0.2) is 21.9 Å². The summed E-state index contributed by atoms with van der Waals surface area (Å²) in [7, 11) is 0. The highest BCUT2D eigenvalue weighted by atomic mass is 16.5. The molecule has 1 heterocycles. The lowest BCUT2D eigenvalue weighted by Crippen LogP contribution is -2.50. The second-order valence-electron chi connectivity index (χ2n) is 10.4. The van der Waals surface area contributed by atoms with E-state index in [0.717, 1.165) is 30.6 Å². The summed E-state index contributed by atoms with van der Waals surface area (Å²) in [6.07, 6.45) is 16.4. The summed E-state index contributed by atoms with van der Waals surface area (Å²) >= 11 is 0. The summed E-state index contributed by atoms with van der Waals surface area (Å²) in [5, 5.41) is 4.61. The van der Waals surface area contributed by atoms with E-state index in [1.807, 2.05) is 6.20 Å². The highest BCUT2D eigenvalue weighted by Gasteiger charge is 2.59. The summed E-state index contributed by atoms with van der Waals surface area (Å²) in [5.41, 5.74) is 2.27. The Kier molecular flexibility index (Phi) is 4.26. The van der Waals surface area contributed by atoms with Crippen LogP contribution < -0.4 is 0 Å². The van der Waals surface area contributed by atoms with E-state index in [0.29, 0.717) is 16.9 Å². The van der Waals surface area contributed by atoms with Gasteiger partial charge in [0, 0.05) is 25.7 Å². The molecule has 0 aromatic carbocycles. The molecule has 0 spiro atoms. The van der Waals surface area contributed by atoms with Crippen LogP contribution in [0, 0.1) is 28.6 Å². The fraction of sp³-hybridized carbons (Fsp3) is 0.750. The number of nitrogens with zero attached hydrogens (tertiary/aromatic N) is 2. The topological polar surface area (TPSA) is 44.1 Å². The third-order valence-corrected chi connectivity index (χ3v) is 9.19. The number of hydrogen-bond acceptors (Lipinski definition) is 3. The first-order chi connectivity index (χ1) is 13.4. The van der Waals surface area contributed by atoms with Crippen LogP contribution in [0.2, 0.25) is 0 Å². The van der Waals surface area contributed by atoms with Crippen molar-refractivity contribution in [1.29, 1.82) is 0 Å². The van der Waals surface area contributed by atoms with Gasteiger partial charge in [0.05, 0.1) is 6.04 Å². The smallest absolute Gasteiger partial charge is 0.302 e. The maximum atomic E-state index is 11.4. The summed E-state index contributed by atoms with van der Waals surface area (Å²) in [6, 6.07) is 2.63. The van der Waals surface area contributed by atoms with Gasteiger partial charge in [0.2, 0.25) is 0 Å². The van der Waals surface area contributed by atoms with Gasteiger partial charge in [-0.2, -0.15) is 5.10 Å². The highest BCUT2D eigenvalue weighted by molar-refractivity contribution is 5.66. The van der Waals surface area contributed by atoms with E-state index < -0.39 is 0 Å². The van der Waals surface area contributed by atoms with Gasteiger partial charge >= 0.3 is 5.97 Å². The summed E-state index contributed by atoms with van der Waals surface area (Å²) in [6.45, 7) is 6.60. The lowest BCUT2D eigenvalue weighted by Gasteiger charge is -2.58. The van der Waals surface area contributed by atoms with Crippen LogP contribution >= 0.6 is 0 Å². The van der Waals surface area contributed by atoms with Crippen molar-refractivity contribution in [2.75, 3.05) is 0 Å². The fourth-order valence-corrected chi connectivity index (χ4v) is 7.83. The number of hydrogen-bond donors (Lipinski definition) is 0. The molecule has 7 atom stereocenters. The monoisotopic (exact) mass is 382 g/mol. The van der Waals surface area contributed by atoms with E-state index in [9.17, 15) is 4.79 Å². The van der Waals surface area contributed by atoms with Gasteiger partial charge in [-0.3, -0.25) is 9.48 Å². The molecule has 0 bridgehead atoms.